The van der Waals surface area contributed by atoms with Gasteiger partial charge < -0.3 is 4.74 Å². The number of sulfonamides is 1. The minimum Gasteiger partial charge on any atom is -0.480 e. The van der Waals surface area contributed by atoms with Crippen molar-refractivity contribution in [1.82, 2.24) is 14.6 Å². The molecule has 2 aromatic rings. The van der Waals surface area contributed by atoms with E-state index in [1.807, 2.05) is 13.8 Å². The van der Waals surface area contributed by atoms with Crippen LogP contribution in [-0.2, 0) is 10.0 Å². The summed E-state index contributed by atoms with van der Waals surface area (Å²) in [5.74, 6) is 0.415. The Morgan fingerprint density at radius 3 is 2.79 bits per heavy atom. The Hall–Kier alpha value is -1.61. The fourth-order valence-electron chi connectivity index (χ4n) is 1.48. The van der Waals surface area contributed by atoms with E-state index in [2.05, 4.69) is 19.3 Å². The summed E-state index contributed by atoms with van der Waals surface area (Å²) in [6.45, 7) is 3.89. The molecule has 7 nitrogen and oxygen atoms in total. The molecular weight excluding hydrogens is 288 g/mol. The molecule has 0 saturated carbocycles. The van der Waals surface area contributed by atoms with Gasteiger partial charge in [-0.1, -0.05) is 13.8 Å². The van der Waals surface area contributed by atoms with Gasteiger partial charge in [0.25, 0.3) is 10.0 Å². The lowest BCUT2D eigenvalue weighted by Crippen LogP contribution is -2.12. The van der Waals surface area contributed by atoms with Crippen LogP contribution >= 0.6 is 11.5 Å². The first-order chi connectivity index (χ1) is 8.94. The Bertz CT molecular complexity index is 660. The Morgan fingerprint density at radius 2 is 2.21 bits per heavy atom. The zero-order chi connectivity index (χ0) is 14.0. The number of nitrogens with zero attached hydrogens (tertiary/aromatic N) is 2. The van der Waals surface area contributed by atoms with Crippen LogP contribution in [0.5, 0.6) is 5.88 Å². The van der Waals surface area contributed by atoms with Gasteiger partial charge in [0, 0.05) is 6.07 Å². The van der Waals surface area contributed by atoms with E-state index in [0.29, 0.717) is 5.69 Å². The number of rotatable bonds is 5. The van der Waals surface area contributed by atoms with E-state index in [9.17, 15) is 8.42 Å². The molecule has 0 atom stereocenters. The van der Waals surface area contributed by atoms with Gasteiger partial charge in [0.15, 0.2) is 4.21 Å². The van der Waals surface area contributed by atoms with Gasteiger partial charge >= 0.3 is 0 Å². The van der Waals surface area contributed by atoms with Gasteiger partial charge in [0.2, 0.25) is 5.88 Å². The fraction of sp³-hybridized carbons (Fsp3) is 0.400. The highest BCUT2D eigenvalue weighted by Crippen LogP contribution is 2.27. The van der Waals surface area contributed by atoms with E-state index in [0.717, 1.165) is 17.2 Å². The van der Waals surface area contributed by atoms with Crippen LogP contribution in [0.3, 0.4) is 0 Å². The molecule has 0 fully saturated rings. The molecule has 0 saturated heterocycles. The van der Waals surface area contributed by atoms with Crippen LogP contribution in [-0.4, -0.2) is 30.1 Å². The lowest BCUT2D eigenvalue weighted by Gasteiger charge is -2.08. The number of ether oxygens (including phenoxy) is 1. The Balaban J connectivity index is 2.28. The molecule has 0 spiro atoms. The van der Waals surface area contributed by atoms with Crippen LogP contribution in [0.25, 0.3) is 0 Å². The summed E-state index contributed by atoms with van der Waals surface area (Å²) in [6.07, 6.45) is 1.45. The summed E-state index contributed by atoms with van der Waals surface area (Å²) in [6, 6.07) is 1.38. The molecule has 2 N–H and O–H groups in total. The smallest absolute Gasteiger partial charge is 0.273 e. The van der Waals surface area contributed by atoms with E-state index in [-0.39, 0.29) is 16.0 Å². The number of aromatic amines is 1. The molecule has 0 aliphatic rings. The molecule has 0 bridgehead atoms. The first-order valence-corrected chi connectivity index (χ1v) is 7.76. The maximum absolute atomic E-state index is 12.2. The van der Waals surface area contributed by atoms with Crippen molar-refractivity contribution in [1.29, 1.82) is 0 Å². The second-order valence-corrected chi connectivity index (χ2v) is 6.86. The SMILES string of the molecule is COc1cc(S(=O)(=O)Nc2cn[nH]c2C(C)C)sn1. The Kier molecular flexibility index (Phi) is 3.76. The molecule has 2 heterocycles. The van der Waals surface area contributed by atoms with Crippen molar-refractivity contribution in [2.75, 3.05) is 11.8 Å². The molecule has 0 unspecified atom stereocenters. The van der Waals surface area contributed by atoms with Gasteiger partial charge in [-0.15, -0.1) is 0 Å². The molecular formula is C10H14N4O3S2. The molecule has 0 amide bonds. The van der Waals surface area contributed by atoms with Gasteiger partial charge in [-0.2, -0.15) is 9.47 Å². The summed E-state index contributed by atoms with van der Waals surface area (Å²) in [5.41, 5.74) is 1.18. The van der Waals surface area contributed by atoms with Crippen LogP contribution in [0.4, 0.5) is 5.69 Å². The van der Waals surface area contributed by atoms with Gasteiger partial charge in [0.05, 0.1) is 24.7 Å². The molecule has 19 heavy (non-hydrogen) atoms. The standard InChI is InChI=1S/C10H14N4O3S2/c1-6(2)10-7(5-11-12-10)14-19(15,16)9-4-8(17-3)13-18-9/h4-6,14H,1-3H3,(H,11,12). The highest BCUT2D eigenvalue weighted by molar-refractivity contribution is 7.94. The number of methoxy groups -OCH3 is 1. The van der Waals surface area contributed by atoms with Crippen molar-refractivity contribution in [3.8, 4) is 5.88 Å². The summed E-state index contributed by atoms with van der Waals surface area (Å²) in [5, 5.41) is 6.64. The highest BCUT2D eigenvalue weighted by Gasteiger charge is 2.21. The van der Waals surface area contributed by atoms with E-state index in [1.165, 1.54) is 19.4 Å². The van der Waals surface area contributed by atoms with Gasteiger partial charge in [-0.25, -0.2) is 8.42 Å². The van der Waals surface area contributed by atoms with Crippen LogP contribution in [0.15, 0.2) is 16.5 Å². The van der Waals surface area contributed by atoms with E-state index in [1.54, 1.807) is 0 Å². The lowest BCUT2D eigenvalue weighted by molar-refractivity contribution is 0.402. The van der Waals surface area contributed by atoms with Crippen molar-refractivity contribution >= 4 is 27.2 Å². The van der Waals surface area contributed by atoms with Crippen molar-refractivity contribution in [3.05, 3.63) is 18.0 Å². The van der Waals surface area contributed by atoms with Crippen molar-refractivity contribution in [2.24, 2.45) is 0 Å². The van der Waals surface area contributed by atoms with E-state index in [4.69, 9.17) is 4.74 Å². The third-order valence-corrected chi connectivity index (χ3v) is 5.02. The van der Waals surface area contributed by atoms with Gasteiger partial charge in [-0.05, 0) is 17.5 Å². The minimum absolute atomic E-state index is 0.0975. The number of anilines is 1. The number of hydrogen-bond acceptors (Lipinski definition) is 6. The third kappa shape index (κ3) is 2.87. The van der Waals surface area contributed by atoms with Crippen LogP contribution in [0.1, 0.15) is 25.5 Å². The van der Waals surface area contributed by atoms with Gasteiger partial charge in [0.1, 0.15) is 0 Å². The first kappa shape index (κ1) is 13.8. The monoisotopic (exact) mass is 302 g/mol. The normalized spacial score (nSPS) is 11.8. The highest BCUT2D eigenvalue weighted by atomic mass is 32.2. The topological polar surface area (TPSA) is 97.0 Å². The molecule has 104 valence electrons. The van der Waals surface area contributed by atoms with Crippen molar-refractivity contribution in [3.63, 3.8) is 0 Å². The average Bonchev–Trinajstić information content (AvgIpc) is 2.95. The number of aromatic nitrogens is 3. The Morgan fingerprint density at radius 1 is 1.47 bits per heavy atom. The van der Waals surface area contributed by atoms with E-state index >= 15 is 0 Å². The molecule has 0 aromatic carbocycles. The largest absolute Gasteiger partial charge is 0.480 e. The quantitative estimate of drug-likeness (QED) is 0.877. The summed E-state index contributed by atoms with van der Waals surface area (Å²) >= 11 is 0.861. The molecule has 0 aliphatic heterocycles. The predicted octanol–water partition coefficient (Wildman–Crippen LogP) is 1.80. The molecule has 9 heteroatoms. The molecule has 0 radical (unpaired) electrons. The zero-order valence-electron chi connectivity index (χ0n) is 10.7. The number of H-pyrrole nitrogens is 1. The predicted molar refractivity (Wildman–Crippen MR) is 72.2 cm³/mol. The second-order valence-electron chi connectivity index (χ2n) is 4.15. The van der Waals surface area contributed by atoms with Gasteiger partial charge in [-0.3, -0.25) is 9.82 Å². The van der Waals surface area contributed by atoms with Crippen LogP contribution < -0.4 is 9.46 Å². The van der Waals surface area contributed by atoms with Crippen LogP contribution in [0.2, 0.25) is 0 Å². The zero-order valence-corrected chi connectivity index (χ0v) is 12.3. The Labute approximate surface area is 115 Å². The summed E-state index contributed by atoms with van der Waals surface area (Å²) < 4.78 is 35.7. The molecule has 0 aliphatic carbocycles. The lowest BCUT2D eigenvalue weighted by atomic mass is 10.1. The van der Waals surface area contributed by atoms with Crippen molar-refractivity contribution < 1.29 is 13.2 Å². The molecule has 2 rings (SSSR count). The molecule has 2 aromatic heterocycles. The third-order valence-electron chi connectivity index (χ3n) is 2.43. The first-order valence-electron chi connectivity index (χ1n) is 5.51. The fourth-order valence-corrected chi connectivity index (χ4v) is 3.38. The van der Waals surface area contributed by atoms with E-state index < -0.39 is 10.0 Å². The number of hydrogen-bond donors (Lipinski definition) is 2. The van der Waals surface area contributed by atoms with Crippen molar-refractivity contribution in [2.45, 2.75) is 24.0 Å². The minimum atomic E-state index is -3.66. The average molecular weight is 302 g/mol. The maximum atomic E-state index is 12.2. The second kappa shape index (κ2) is 5.17. The summed E-state index contributed by atoms with van der Waals surface area (Å²) in [4.78, 5) is 0. The maximum Gasteiger partial charge on any atom is 0.273 e. The summed E-state index contributed by atoms with van der Waals surface area (Å²) in [7, 11) is -2.23. The van der Waals surface area contributed by atoms with Crippen LogP contribution in [0, 0.1) is 0 Å². The number of nitrogens with one attached hydrogen (secondary N) is 2.